The van der Waals surface area contributed by atoms with E-state index in [1.165, 1.54) is 23.0 Å². The molecule has 0 radical (unpaired) electrons. The molecule has 0 atom stereocenters. The van der Waals surface area contributed by atoms with Crippen LogP contribution in [0.2, 0.25) is 0 Å². The van der Waals surface area contributed by atoms with Gasteiger partial charge >= 0.3 is 0 Å². The standard InChI is InChI=1S/C23H15FN2O2/c24-18-12-7-13-19(14-18)26-15-20(22(27)16-8-3-1-4-9-16)21(25-26)23(28)17-10-5-2-6-11-17/h1-15H. The SMILES string of the molecule is O=C(c1ccccc1)c1cn(-c2cccc(F)c2)nc1C(=O)c1ccccc1. The van der Waals surface area contributed by atoms with Crippen molar-refractivity contribution in [3.8, 4) is 5.69 Å². The maximum Gasteiger partial charge on any atom is 0.214 e. The summed E-state index contributed by atoms with van der Waals surface area (Å²) in [6.45, 7) is 0. The Kier molecular flexibility index (Phi) is 4.64. The summed E-state index contributed by atoms with van der Waals surface area (Å²) < 4.78 is 15.0. The molecule has 4 rings (SSSR count). The summed E-state index contributed by atoms with van der Waals surface area (Å²) in [5.74, 6) is -1.11. The van der Waals surface area contributed by atoms with E-state index in [1.54, 1.807) is 66.7 Å². The van der Waals surface area contributed by atoms with Gasteiger partial charge in [-0.15, -0.1) is 0 Å². The van der Waals surface area contributed by atoms with E-state index >= 15 is 0 Å². The van der Waals surface area contributed by atoms with Gasteiger partial charge in [-0.2, -0.15) is 5.10 Å². The van der Waals surface area contributed by atoms with Gasteiger partial charge in [0.05, 0.1) is 11.3 Å². The fraction of sp³-hybridized carbons (Fsp3) is 0. The second-order valence-corrected chi connectivity index (χ2v) is 6.21. The third-order valence-electron chi connectivity index (χ3n) is 4.32. The molecule has 0 aliphatic carbocycles. The minimum absolute atomic E-state index is 0.0318. The second kappa shape index (κ2) is 7.40. The Morgan fingerprint density at radius 3 is 1.96 bits per heavy atom. The van der Waals surface area contributed by atoms with Gasteiger partial charge in [0.15, 0.2) is 5.78 Å². The Hall–Kier alpha value is -3.86. The molecule has 0 amide bonds. The Bertz CT molecular complexity index is 1080. The molecule has 3 aromatic carbocycles. The molecule has 28 heavy (non-hydrogen) atoms. The fourth-order valence-electron chi connectivity index (χ4n) is 2.93. The van der Waals surface area contributed by atoms with Crippen LogP contribution in [0.3, 0.4) is 0 Å². The number of carbonyl (C=O) groups is 2. The largest absolute Gasteiger partial charge is 0.288 e. The summed E-state index contributed by atoms with van der Waals surface area (Å²) in [6, 6.07) is 23.1. The van der Waals surface area contributed by atoms with E-state index in [-0.39, 0.29) is 22.8 Å². The van der Waals surface area contributed by atoms with Gasteiger partial charge in [0.1, 0.15) is 11.5 Å². The van der Waals surface area contributed by atoms with Gasteiger partial charge in [-0.25, -0.2) is 9.07 Å². The molecule has 0 aliphatic heterocycles. The van der Waals surface area contributed by atoms with Crippen LogP contribution in [-0.4, -0.2) is 21.3 Å². The van der Waals surface area contributed by atoms with Crippen molar-refractivity contribution in [2.24, 2.45) is 0 Å². The lowest BCUT2D eigenvalue weighted by Gasteiger charge is -2.02. The number of aromatic nitrogens is 2. The van der Waals surface area contributed by atoms with Crippen molar-refractivity contribution < 1.29 is 14.0 Å². The molecule has 4 nitrogen and oxygen atoms in total. The van der Waals surface area contributed by atoms with Crippen molar-refractivity contribution in [2.45, 2.75) is 0 Å². The molecule has 5 heteroatoms. The third-order valence-corrected chi connectivity index (χ3v) is 4.32. The second-order valence-electron chi connectivity index (χ2n) is 6.21. The van der Waals surface area contributed by atoms with Gasteiger partial charge in [0.25, 0.3) is 0 Å². The van der Waals surface area contributed by atoms with Gasteiger partial charge < -0.3 is 0 Å². The van der Waals surface area contributed by atoms with Crippen molar-refractivity contribution in [1.29, 1.82) is 0 Å². The zero-order valence-corrected chi connectivity index (χ0v) is 14.7. The predicted molar refractivity (Wildman–Crippen MR) is 103 cm³/mol. The average Bonchev–Trinajstić information content (AvgIpc) is 3.19. The lowest BCUT2D eigenvalue weighted by Crippen LogP contribution is -2.10. The van der Waals surface area contributed by atoms with E-state index in [1.807, 2.05) is 6.07 Å². The molecule has 1 aromatic heterocycles. The zero-order valence-electron chi connectivity index (χ0n) is 14.7. The van der Waals surface area contributed by atoms with Gasteiger partial charge in [-0.3, -0.25) is 9.59 Å². The molecule has 4 aromatic rings. The van der Waals surface area contributed by atoms with Crippen LogP contribution >= 0.6 is 0 Å². The summed E-state index contributed by atoms with van der Waals surface area (Å²) in [4.78, 5) is 26.0. The van der Waals surface area contributed by atoms with E-state index < -0.39 is 5.82 Å². The first-order valence-corrected chi connectivity index (χ1v) is 8.68. The molecule has 0 saturated heterocycles. The number of hydrogen-bond donors (Lipinski definition) is 0. The summed E-state index contributed by atoms with van der Waals surface area (Å²) in [5, 5.41) is 4.32. The quantitative estimate of drug-likeness (QED) is 0.487. The highest BCUT2D eigenvalue weighted by Gasteiger charge is 2.24. The lowest BCUT2D eigenvalue weighted by molar-refractivity contribution is 0.100. The number of ketones is 2. The number of carbonyl (C=O) groups excluding carboxylic acids is 2. The van der Waals surface area contributed by atoms with Crippen LogP contribution in [-0.2, 0) is 0 Å². The van der Waals surface area contributed by atoms with E-state index in [4.69, 9.17) is 0 Å². The predicted octanol–water partition coefficient (Wildman–Crippen LogP) is 4.47. The highest BCUT2D eigenvalue weighted by Crippen LogP contribution is 2.20. The normalized spacial score (nSPS) is 10.6. The van der Waals surface area contributed by atoms with Gasteiger partial charge in [-0.05, 0) is 18.2 Å². The number of benzene rings is 3. The van der Waals surface area contributed by atoms with Crippen molar-refractivity contribution >= 4 is 11.6 Å². The molecular formula is C23H15FN2O2. The highest BCUT2D eigenvalue weighted by molar-refractivity contribution is 6.18. The Balaban J connectivity index is 1.85. The van der Waals surface area contributed by atoms with E-state index in [0.717, 1.165) is 0 Å². The minimum atomic E-state index is -0.431. The van der Waals surface area contributed by atoms with Crippen LogP contribution in [0.5, 0.6) is 0 Å². The third kappa shape index (κ3) is 3.38. The van der Waals surface area contributed by atoms with E-state index in [9.17, 15) is 14.0 Å². The summed E-state index contributed by atoms with van der Waals surface area (Å²) >= 11 is 0. The highest BCUT2D eigenvalue weighted by atomic mass is 19.1. The van der Waals surface area contributed by atoms with Crippen molar-refractivity contribution in [2.75, 3.05) is 0 Å². The summed E-state index contributed by atoms with van der Waals surface area (Å²) in [5.41, 5.74) is 1.50. The fourth-order valence-corrected chi connectivity index (χ4v) is 2.93. The molecule has 0 spiro atoms. The first-order chi connectivity index (χ1) is 13.6. The molecule has 1 heterocycles. The first kappa shape index (κ1) is 17.5. The molecule has 0 N–H and O–H groups in total. The number of hydrogen-bond acceptors (Lipinski definition) is 3. The molecule has 0 saturated carbocycles. The molecular weight excluding hydrogens is 355 g/mol. The van der Waals surface area contributed by atoms with Crippen molar-refractivity contribution in [3.05, 3.63) is 119 Å². The van der Waals surface area contributed by atoms with Crippen LogP contribution in [0, 0.1) is 5.82 Å². The maximum absolute atomic E-state index is 13.6. The molecule has 0 fully saturated rings. The van der Waals surface area contributed by atoms with Crippen LogP contribution in [0.25, 0.3) is 5.69 Å². The summed E-state index contributed by atoms with van der Waals surface area (Å²) in [6.07, 6.45) is 1.47. The first-order valence-electron chi connectivity index (χ1n) is 8.68. The maximum atomic E-state index is 13.6. The molecule has 0 aliphatic rings. The smallest absolute Gasteiger partial charge is 0.214 e. The number of halogens is 1. The summed E-state index contributed by atoms with van der Waals surface area (Å²) in [7, 11) is 0. The van der Waals surface area contributed by atoms with Gasteiger partial charge in [-0.1, -0.05) is 66.7 Å². The minimum Gasteiger partial charge on any atom is -0.288 e. The number of rotatable bonds is 5. The van der Waals surface area contributed by atoms with Gasteiger partial charge in [0.2, 0.25) is 5.78 Å². The van der Waals surface area contributed by atoms with Crippen LogP contribution in [0.1, 0.15) is 32.0 Å². The Labute approximate surface area is 160 Å². The van der Waals surface area contributed by atoms with Crippen molar-refractivity contribution in [1.82, 2.24) is 9.78 Å². The van der Waals surface area contributed by atoms with E-state index in [0.29, 0.717) is 16.8 Å². The van der Waals surface area contributed by atoms with Gasteiger partial charge in [0, 0.05) is 17.3 Å². The molecule has 0 bridgehead atoms. The van der Waals surface area contributed by atoms with E-state index in [2.05, 4.69) is 5.10 Å². The molecule has 0 unspecified atom stereocenters. The van der Waals surface area contributed by atoms with Crippen molar-refractivity contribution in [3.63, 3.8) is 0 Å². The average molecular weight is 370 g/mol. The van der Waals surface area contributed by atoms with Crippen LogP contribution in [0.15, 0.2) is 91.1 Å². The Morgan fingerprint density at radius 2 is 1.36 bits per heavy atom. The molecule has 136 valence electrons. The van der Waals surface area contributed by atoms with Crippen LogP contribution < -0.4 is 0 Å². The van der Waals surface area contributed by atoms with Crippen LogP contribution in [0.4, 0.5) is 4.39 Å². The zero-order chi connectivity index (χ0) is 19.5. The topological polar surface area (TPSA) is 52.0 Å². The number of nitrogens with zero attached hydrogens (tertiary/aromatic N) is 2. The monoisotopic (exact) mass is 370 g/mol. The Morgan fingerprint density at radius 1 is 0.750 bits per heavy atom. The lowest BCUT2D eigenvalue weighted by atomic mass is 9.99.